The molecular weight excluding hydrogens is 402 g/mol. The van der Waals surface area contributed by atoms with Crippen LogP contribution < -0.4 is 0 Å². The molecule has 1 fully saturated rings. The van der Waals surface area contributed by atoms with Gasteiger partial charge >= 0.3 is 0 Å². The van der Waals surface area contributed by atoms with Crippen LogP contribution in [0.2, 0.25) is 0 Å². The summed E-state index contributed by atoms with van der Waals surface area (Å²) in [5.74, 6) is 1.87. The van der Waals surface area contributed by atoms with Gasteiger partial charge in [0.25, 0.3) is 5.91 Å². The second-order valence-corrected chi connectivity index (χ2v) is 8.17. The number of amides is 2. The molecule has 2 amide bonds. The average molecular weight is 432 g/mol. The fraction of sp³-hybridized carbons (Fsp3) is 0.524. The van der Waals surface area contributed by atoms with E-state index in [4.69, 9.17) is 4.52 Å². The number of rotatable bonds is 8. The Morgan fingerprint density at radius 3 is 2.47 bits per heavy atom. The van der Waals surface area contributed by atoms with Crippen molar-refractivity contribution in [3.63, 3.8) is 0 Å². The maximum Gasteiger partial charge on any atom is 0.255 e. The first kappa shape index (κ1) is 22.3. The zero-order valence-corrected chi connectivity index (χ0v) is 18.7. The second kappa shape index (κ2) is 10.6. The number of benzene rings is 1. The van der Waals surface area contributed by atoms with E-state index >= 15 is 0 Å². The number of nitrogens with zero attached hydrogens (tertiary/aromatic N) is 5. The van der Waals surface area contributed by atoms with Gasteiger partial charge < -0.3 is 14.3 Å². The first-order valence-electron chi connectivity index (χ1n) is 10.3. The van der Waals surface area contributed by atoms with Crippen molar-refractivity contribution in [2.45, 2.75) is 31.4 Å². The Hall–Kier alpha value is -2.39. The third-order valence-corrected chi connectivity index (χ3v) is 6.25. The highest BCUT2D eigenvalue weighted by molar-refractivity contribution is 7.98. The molecule has 8 nitrogen and oxygen atoms in total. The van der Waals surface area contributed by atoms with Crippen molar-refractivity contribution >= 4 is 23.6 Å². The molecule has 30 heavy (non-hydrogen) atoms. The lowest BCUT2D eigenvalue weighted by Crippen LogP contribution is -2.51. The Morgan fingerprint density at radius 1 is 1.13 bits per heavy atom. The third-order valence-electron chi connectivity index (χ3n) is 5.18. The van der Waals surface area contributed by atoms with Gasteiger partial charge in [-0.15, -0.1) is 11.8 Å². The Kier molecular flexibility index (Phi) is 7.87. The van der Waals surface area contributed by atoms with Gasteiger partial charge in [-0.1, -0.05) is 17.3 Å². The van der Waals surface area contributed by atoms with Crippen molar-refractivity contribution in [1.82, 2.24) is 24.8 Å². The predicted octanol–water partition coefficient (Wildman–Crippen LogP) is 2.30. The summed E-state index contributed by atoms with van der Waals surface area (Å²) in [6.45, 7) is 10.3. The molecule has 0 radical (unpaired) electrons. The number of hydrogen-bond acceptors (Lipinski definition) is 7. The molecular formula is C21H29N5O3S. The van der Waals surface area contributed by atoms with Crippen molar-refractivity contribution < 1.29 is 14.1 Å². The zero-order valence-electron chi connectivity index (χ0n) is 17.8. The molecule has 0 aliphatic carbocycles. The van der Waals surface area contributed by atoms with E-state index in [9.17, 15) is 9.59 Å². The molecule has 1 aliphatic heterocycles. The Morgan fingerprint density at radius 2 is 1.83 bits per heavy atom. The summed E-state index contributed by atoms with van der Waals surface area (Å²) in [6.07, 6.45) is 0. The smallest absolute Gasteiger partial charge is 0.255 e. The standard InChI is InChI=1S/C21H29N5O3S/c1-4-25(5-2)20(27)14-24-10-12-26(13-11-24)21(28)17-8-6-7-9-18(17)30-15-19-22-16(3)29-23-19/h6-9H,4-5,10-15H2,1-3H3. The highest BCUT2D eigenvalue weighted by atomic mass is 32.2. The average Bonchev–Trinajstić information content (AvgIpc) is 3.18. The van der Waals surface area contributed by atoms with Crippen molar-refractivity contribution in [2.24, 2.45) is 0 Å². The van der Waals surface area contributed by atoms with Crippen molar-refractivity contribution in [2.75, 3.05) is 45.8 Å². The Balaban J connectivity index is 1.57. The molecule has 162 valence electrons. The molecule has 0 N–H and O–H groups in total. The summed E-state index contributed by atoms with van der Waals surface area (Å²) in [6, 6.07) is 7.62. The quantitative estimate of drug-likeness (QED) is 0.593. The second-order valence-electron chi connectivity index (χ2n) is 7.15. The minimum absolute atomic E-state index is 0.0251. The van der Waals surface area contributed by atoms with E-state index in [1.807, 2.05) is 47.9 Å². The number of aryl methyl sites for hydroxylation is 1. The minimum atomic E-state index is 0.0251. The van der Waals surface area contributed by atoms with Gasteiger partial charge in [-0.3, -0.25) is 14.5 Å². The molecule has 9 heteroatoms. The van der Waals surface area contributed by atoms with Gasteiger partial charge in [0.15, 0.2) is 5.82 Å². The monoisotopic (exact) mass is 431 g/mol. The van der Waals surface area contributed by atoms with Crippen LogP contribution in [0.1, 0.15) is 35.9 Å². The lowest BCUT2D eigenvalue weighted by atomic mass is 10.2. The Bertz CT molecular complexity index is 860. The van der Waals surface area contributed by atoms with Gasteiger partial charge in [-0.25, -0.2) is 0 Å². The highest BCUT2D eigenvalue weighted by Gasteiger charge is 2.25. The van der Waals surface area contributed by atoms with Crippen LogP contribution >= 0.6 is 11.8 Å². The van der Waals surface area contributed by atoms with Gasteiger partial charge in [0, 0.05) is 51.1 Å². The molecule has 1 aromatic heterocycles. The lowest BCUT2D eigenvalue weighted by molar-refractivity contribution is -0.132. The molecule has 2 heterocycles. The zero-order chi connectivity index (χ0) is 21.5. The first-order valence-corrected chi connectivity index (χ1v) is 11.3. The van der Waals surface area contributed by atoms with E-state index in [0.29, 0.717) is 55.8 Å². The predicted molar refractivity (Wildman–Crippen MR) is 115 cm³/mol. The van der Waals surface area contributed by atoms with Crippen LogP contribution in [0, 0.1) is 6.92 Å². The number of carbonyl (C=O) groups excluding carboxylic acids is 2. The van der Waals surface area contributed by atoms with Crippen molar-refractivity contribution in [3.05, 3.63) is 41.5 Å². The molecule has 0 saturated carbocycles. The number of likely N-dealkylation sites (N-methyl/N-ethyl adjacent to an activating group) is 1. The van der Waals surface area contributed by atoms with Gasteiger partial charge in [-0.2, -0.15) is 4.98 Å². The summed E-state index contributed by atoms with van der Waals surface area (Å²) in [5, 5.41) is 3.91. The number of piperazine rings is 1. The third kappa shape index (κ3) is 5.60. The topological polar surface area (TPSA) is 82.8 Å². The lowest BCUT2D eigenvalue weighted by Gasteiger charge is -2.35. The van der Waals surface area contributed by atoms with Crippen LogP contribution in [0.25, 0.3) is 0 Å². The van der Waals surface area contributed by atoms with Gasteiger partial charge in [-0.05, 0) is 26.0 Å². The highest BCUT2D eigenvalue weighted by Crippen LogP contribution is 2.26. The normalized spacial score (nSPS) is 14.7. The van der Waals surface area contributed by atoms with E-state index in [0.717, 1.165) is 18.0 Å². The number of aromatic nitrogens is 2. The Labute approximate surface area is 181 Å². The molecule has 2 aromatic rings. The summed E-state index contributed by atoms with van der Waals surface area (Å²) < 4.78 is 5.01. The van der Waals surface area contributed by atoms with Gasteiger partial charge in [0.1, 0.15) is 0 Å². The number of hydrogen-bond donors (Lipinski definition) is 0. The van der Waals surface area contributed by atoms with Gasteiger partial charge in [0.05, 0.1) is 17.9 Å². The van der Waals surface area contributed by atoms with E-state index in [-0.39, 0.29) is 11.8 Å². The molecule has 1 aliphatic rings. The molecule has 0 bridgehead atoms. The fourth-order valence-electron chi connectivity index (χ4n) is 3.46. The SMILES string of the molecule is CCN(CC)C(=O)CN1CCN(C(=O)c2ccccc2SCc2noc(C)n2)CC1. The first-order chi connectivity index (χ1) is 14.5. The van der Waals surface area contributed by atoms with E-state index < -0.39 is 0 Å². The van der Waals surface area contributed by atoms with Crippen LogP contribution in [-0.2, 0) is 10.5 Å². The summed E-state index contributed by atoms with van der Waals surface area (Å²) in [5.41, 5.74) is 0.690. The molecule has 0 unspecified atom stereocenters. The van der Waals surface area contributed by atoms with Crippen molar-refractivity contribution in [1.29, 1.82) is 0 Å². The van der Waals surface area contributed by atoms with Crippen molar-refractivity contribution in [3.8, 4) is 0 Å². The van der Waals surface area contributed by atoms with Crippen LogP contribution in [0.4, 0.5) is 0 Å². The summed E-state index contributed by atoms with van der Waals surface area (Å²) in [7, 11) is 0. The molecule has 0 atom stereocenters. The van der Waals surface area contributed by atoms with E-state index in [2.05, 4.69) is 15.0 Å². The van der Waals surface area contributed by atoms with Crippen LogP contribution in [-0.4, -0.2) is 82.5 Å². The van der Waals surface area contributed by atoms with Crippen LogP contribution in [0.15, 0.2) is 33.7 Å². The number of carbonyl (C=O) groups is 2. The summed E-state index contributed by atoms with van der Waals surface area (Å²) >= 11 is 1.53. The largest absolute Gasteiger partial charge is 0.342 e. The maximum absolute atomic E-state index is 13.1. The van der Waals surface area contributed by atoms with Gasteiger partial charge in [0.2, 0.25) is 11.8 Å². The summed E-state index contributed by atoms with van der Waals surface area (Å²) in [4.78, 5) is 36.4. The van der Waals surface area contributed by atoms with Crippen LogP contribution in [0.5, 0.6) is 0 Å². The van der Waals surface area contributed by atoms with E-state index in [1.54, 1.807) is 6.92 Å². The fourth-order valence-corrected chi connectivity index (χ4v) is 4.35. The van der Waals surface area contributed by atoms with E-state index in [1.165, 1.54) is 11.8 Å². The minimum Gasteiger partial charge on any atom is -0.342 e. The van der Waals surface area contributed by atoms with Crippen LogP contribution in [0.3, 0.4) is 0 Å². The molecule has 1 saturated heterocycles. The molecule has 3 rings (SSSR count). The maximum atomic E-state index is 13.1. The molecule has 1 aromatic carbocycles. The molecule has 0 spiro atoms. The number of thioether (sulfide) groups is 1.